The lowest BCUT2D eigenvalue weighted by Crippen LogP contribution is -2.31. The Morgan fingerprint density at radius 1 is 1.27 bits per heavy atom. The first-order valence-electron chi connectivity index (χ1n) is 8.71. The number of benzene rings is 2. The highest BCUT2D eigenvalue weighted by Crippen LogP contribution is 2.30. The average molecular weight is 453 g/mol. The fraction of sp³-hybridized carbons (Fsp3) is 0.158. The Morgan fingerprint density at radius 2 is 2.07 bits per heavy atom. The summed E-state index contributed by atoms with van der Waals surface area (Å²) in [5, 5.41) is 3.32. The number of urea groups is 1. The maximum Gasteiger partial charge on any atom is 0.327 e. The predicted molar refractivity (Wildman–Crippen MR) is 113 cm³/mol. The molecule has 0 fully saturated rings. The lowest BCUT2D eigenvalue weighted by molar-refractivity contribution is 0.258. The van der Waals surface area contributed by atoms with Crippen molar-refractivity contribution in [3.05, 3.63) is 60.5 Å². The van der Waals surface area contributed by atoms with Gasteiger partial charge in [-0.25, -0.2) is 27.5 Å². The molecule has 0 saturated carbocycles. The summed E-state index contributed by atoms with van der Waals surface area (Å²) in [5.41, 5.74) is 0.494. The van der Waals surface area contributed by atoms with Gasteiger partial charge in [-0.05, 0) is 30.3 Å². The van der Waals surface area contributed by atoms with Gasteiger partial charge in [0.2, 0.25) is 5.06 Å². The first kappa shape index (κ1) is 21.8. The van der Waals surface area contributed by atoms with Crippen LogP contribution in [0.3, 0.4) is 0 Å². The first-order chi connectivity index (χ1) is 14.5. The fourth-order valence-electron chi connectivity index (χ4n) is 2.33. The number of hydrogen-bond donors (Lipinski definition) is 2. The molecule has 0 aliphatic rings. The Balaban J connectivity index is 1.63. The number of nitrogens with one attached hydrogen (secondary N) is 2. The Bertz CT molecular complexity index is 1050. The molecule has 30 heavy (non-hydrogen) atoms. The number of nitrogens with zero attached hydrogens (tertiary/aromatic N) is 2. The number of rotatable bonds is 8. The van der Waals surface area contributed by atoms with Crippen LogP contribution in [0.2, 0.25) is 0 Å². The summed E-state index contributed by atoms with van der Waals surface area (Å²) in [5.74, 6) is -0.102. The molecule has 3 aromatic rings. The second kappa shape index (κ2) is 10.2. The molecule has 7 nitrogen and oxygen atoms in total. The van der Waals surface area contributed by atoms with Crippen LogP contribution in [0.25, 0.3) is 0 Å². The number of halogens is 2. The second-order valence-corrected chi connectivity index (χ2v) is 8.17. The van der Waals surface area contributed by atoms with Gasteiger partial charge in [-0.15, -0.1) is 0 Å². The normalized spacial score (nSPS) is 11.7. The molecule has 0 bridgehead atoms. The third kappa shape index (κ3) is 5.81. The van der Waals surface area contributed by atoms with Crippen molar-refractivity contribution in [3.63, 3.8) is 0 Å². The van der Waals surface area contributed by atoms with Crippen molar-refractivity contribution < 1.29 is 22.5 Å². The van der Waals surface area contributed by atoms with Crippen LogP contribution < -0.4 is 19.7 Å². The minimum atomic E-state index is -1.58. The molecule has 2 aromatic carbocycles. The highest BCUT2D eigenvalue weighted by Gasteiger charge is 2.15. The molecule has 0 aliphatic carbocycles. The molecular formula is C19H18F2N4O3S2. The molecule has 11 heteroatoms. The van der Waals surface area contributed by atoms with Crippen LogP contribution >= 0.6 is 11.3 Å². The Kier molecular flexibility index (Phi) is 7.44. The number of hydrogen-bond acceptors (Lipinski definition) is 5. The van der Waals surface area contributed by atoms with Gasteiger partial charge in [0.1, 0.15) is 29.2 Å². The summed E-state index contributed by atoms with van der Waals surface area (Å²) in [6, 6.07) is 11.7. The smallest absolute Gasteiger partial charge is 0.327 e. The van der Waals surface area contributed by atoms with Gasteiger partial charge in [-0.3, -0.25) is 10.2 Å². The summed E-state index contributed by atoms with van der Waals surface area (Å²) in [6.45, 7) is -0.663. The van der Waals surface area contributed by atoms with E-state index in [4.69, 9.17) is 4.74 Å². The van der Waals surface area contributed by atoms with Crippen molar-refractivity contribution >= 4 is 39.2 Å². The molecule has 158 valence electrons. The Hall–Kier alpha value is -2.89. The summed E-state index contributed by atoms with van der Waals surface area (Å²) in [7, 11) is -0.0353. The average Bonchev–Trinajstić information content (AvgIpc) is 3.18. The number of ether oxygens (including phenoxy) is 1. The summed E-state index contributed by atoms with van der Waals surface area (Å²) < 4.78 is 45.6. The topological polar surface area (TPSA) is 83.6 Å². The maximum absolute atomic E-state index is 13.2. The lowest BCUT2D eigenvalue weighted by atomic mass is 10.3. The van der Waals surface area contributed by atoms with E-state index in [-0.39, 0.29) is 6.54 Å². The van der Waals surface area contributed by atoms with E-state index >= 15 is 0 Å². The minimum absolute atomic E-state index is 0.0305. The molecule has 2 N–H and O–H groups in total. The minimum Gasteiger partial charge on any atom is -0.445 e. The van der Waals surface area contributed by atoms with E-state index in [9.17, 15) is 17.8 Å². The van der Waals surface area contributed by atoms with Crippen molar-refractivity contribution in [1.82, 2.24) is 9.71 Å². The molecule has 1 unspecified atom stereocenters. The number of amides is 2. The Morgan fingerprint density at radius 3 is 2.83 bits per heavy atom. The molecule has 2 amide bonds. The van der Waals surface area contributed by atoms with E-state index in [1.165, 1.54) is 29.3 Å². The highest BCUT2D eigenvalue weighted by molar-refractivity contribution is 7.83. The van der Waals surface area contributed by atoms with Crippen molar-refractivity contribution in [2.75, 3.05) is 30.5 Å². The third-order valence-electron chi connectivity index (χ3n) is 3.76. The van der Waals surface area contributed by atoms with E-state index in [0.29, 0.717) is 26.5 Å². The highest BCUT2D eigenvalue weighted by atomic mass is 32.2. The number of carbonyl (C=O) groups is 1. The number of anilines is 2. The molecule has 0 aliphatic heterocycles. The van der Waals surface area contributed by atoms with E-state index in [1.807, 2.05) is 0 Å². The van der Waals surface area contributed by atoms with Gasteiger partial charge >= 0.3 is 6.03 Å². The van der Waals surface area contributed by atoms with Gasteiger partial charge in [-0.1, -0.05) is 23.5 Å². The first-order valence-corrected chi connectivity index (χ1v) is 10.7. The lowest BCUT2D eigenvalue weighted by Gasteiger charge is -2.18. The van der Waals surface area contributed by atoms with Crippen LogP contribution in [0.15, 0.2) is 59.6 Å². The Labute approximate surface area is 178 Å². The van der Waals surface area contributed by atoms with Crippen LogP contribution in [0.5, 0.6) is 10.8 Å². The molecular weight excluding hydrogens is 434 g/mol. The zero-order chi connectivity index (χ0) is 21.5. The van der Waals surface area contributed by atoms with Crippen molar-refractivity contribution in [2.24, 2.45) is 0 Å². The SMILES string of the molecule is CN(C(=O)Nc1ncc(Oc2cccc(F)c2)s1)c1cccc(S(=O)NCCF)c1. The standard InChI is InChI=1S/C19H18F2N4O3S2/c1-25(14-5-3-7-16(11-14)30(27)23-9-8-20)19(26)24-18-22-12-17(29-18)28-15-6-2-4-13(21)10-15/h2-7,10-12,23H,8-9H2,1H3,(H,22,24,26). The second-order valence-electron chi connectivity index (χ2n) is 5.88. The number of aromatic nitrogens is 1. The monoisotopic (exact) mass is 452 g/mol. The van der Waals surface area contributed by atoms with Gasteiger partial charge in [-0.2, -0.15) is 0 Å². The molecule has 0 radical (unpaired) electrons. The number of carbonyl (C=O) groups excluding carboxylic acids is 1. The van der Waals surface area contributed by atoms with Crippen LogP contribution in [0, 0.1) is 5.82 Å². The van der Waals surface area contributed by atoms with E-state index < -0.39 is 29.5 Å². The molecule has 0 spiro atoms. The van der Waals surface area contributed by atoms with E-state index in [1.54, 1.807) is 37.4 Å². The van der Waals surface area contributed by atoms with Crippen LogP contribution in [-0.4, -0.2) is 35.5 Å². The molecule has 3 rings (SSSR count). The number of alkyl halides is 1. The van der Waals surface area contributed by atoms with Crippen molar-refractivity contribution in [2.45, 2.75) is 4.90 Å². The summed E-state index contributed by atoms with van der Waals surface area (Å²) >= 11 is 1.08. The van der Waals surface area contributed by atoms with Crippen LogP contribution in [0.4, 0.5) is 24.4 Å². The largest absolute Gasteiger partial charge is 0.445 e. The van der Waals surface area contributed by atoms with E-state index in [0.717, 1.165) is 11.3 Å². The quantitative estimate of drug-likeness (QED) is 0.533. The van der Waals surface area contributed by atoms with Crippen LogP contribution in [-0.2, 0) is 11.0 Å². The fourth-order valence-corrected chi connectivity index (χ4v) is 3.86. The maximum atomic E-state index is 13.2. The van der Waals surface area contributed by atoms with E-state index in [2.05, 4.69) is 15.0 Å². The van der Waals surface area contributed by atoms with Gasteiger partial charge < -0.3 is 4.74 Å². The predicted octanol–water partition coefficient (Wildman–Crippen LogP) is 4.32. The number of thiazole rings is 1. The molecule has 0 saturated heterocycles. The zero-order valence-corrected chi connectivity index (χ0v) is 17.4. The van der Waals surface area contributed by atoms with Crippen molar-refractivity contribution in [1.29, 1.82) is 0 Å². The van der Waals surface area contributed by atoms with Crippen LogP contribution in [0.1, 0.15) is 0 Å². The zero-order valence-electron chi connectivity index (χ0n) is 15.8. The summed E-state index contributed by atoms with van der Waals surface area (Å²) in [4.78, 5) is 18.3. The molecule has 1 atom stereocenters. The summed E-state index contributed by atoms with van der Waals surface area (Å²) in [6.07, 6.45) is 1.42. The molecule has 1 aromatic heterocycles. The van der Waals surface area contributed by atoms with Gasteiger partial charge in [0.05, 0.1) is 11.1 Å². The van der Waals surface area contributed by atoms with Gasteiger partial charge in [0.15, 0.2) is 5.13 Å². The third-order valence-corrected chi connectivity index (χ3v) is 5.70. The van der Waals surface area contributed by atoms with Gasteiger partial charge in [0, 0.05) is 25.3 Å². The van der Waals surface area contributed by atoms with Crippen molar-refractivity contribution in [3.8, 4) is 10.8 Å². The molecule has 1 heterocycles. The van der Waals surface area contributed by atoms with Gasteiger partial charge in [0.25, 0.3) is 0 Å².